The Kier molecular flexibility index (Phi) is 4.30. The monoisotopic (exact) mass is 329 g/mol. The fourth-order valence-electron chi connectivity index (χ4n) is 1.58. The normalized spacial score (nSPS) is 20.5. The summed E-state index contributed by atoms with van der Waals surface area (Å²) >= 11 is 1.02. The lowest BCUT2D eigenvalue weighted by molar-refractivity contribution is -0.138. The van der Waals surface area contributed by atoms with E-state index in [1.54, 1.807) is 0 Å². The Morgan fingerprint density at radius 2 is 2.00 bits per heavy atom. The highest BCUT2D eigenvalue weighted by Gasteiger charge is 2.31. The van der Waals surface area contributed by atoms with Gasteiger partial charge in [-0.25, -0.2) is 18.5 Å². The Morgan fingerprint density at radius 1 is 1.38 bits per heavy atom. The number of nitrogens with one attached hydrogen (secondary N) is 1. The van der Waals surface area contributed by atoms with Gasteiger partial charge in [0.1, 0.15) is 5.25 Å². The van der Waals surface area contributed by atoms with Gasteiger partial charge < -0.3 is 10.4 Å². The van der Waals surface area contributed by atoms with E-state index >= 15 is 0 Å². The number of amides is 1. The molecule has 0 saturated carbocycles. The third-order valence-corrected chi connectivity index (χ3v) is 4.54. The first-order valence-corrected chi connectivity index (χ1v) is 8.09. The third-order valence-electron chi connectivity index (χ3n) is 2.53. The first-order valence-electron chi connectivity index (χ1n) is 5.66. The Bertz CT molecular complexity index is 712. The summed E-state index contributed by atoms with van der Waals surface area (Å²) in [4.78, 5) is 26.2. The second kappa shape index (κ2) is 5.84. The van der Waals surface area contributed by atoms with Crippen molar-refractivity contribution in [3.05, 3.63) is 24.3 Å². The second-order valence-electron chi connectivity index (χ2n) is 4.15. The minimum atomic E-state index is -3.77. The van der Waals surface area contributed by atoms with Crippen LogP contribution in [0.15, 0.2) is 34.2 Å². The summed E-state index contributed by atoms with van der Waals surface area (Å²) in [6.45, 7) is 0. The van der Waals surface area contributed by atoms with E-state index in [-0.39, 0.29) is 16.5 Å². The fourth-order valence-corrected chi connectivity index (χ4v) is 3.07. The summed E-state index contributed by atoms with van der Waals surface area (Å²) in [5.74, 6) is -1.48. The smallest absolute Gasteiger partial charge is 0.305 e. The van der Waals surface area contributed by atoms with E-state index in [4.69, 9.17) is 10.2 Å². The zero-order valence-corrected chi connectivity index (χ0v) is 12.1. The molecule has 1 aliphatic rings. The highest BCUT2D eigenvalue weighted by molar-refractivity contribution is 8.15. The van der Waals surface area contributed by atoms with Crippen molar-refractivity contribution >= 4 is 44.5 Å². The number of amidine groups is 1. The van der Waals surface area contributed by atoms with Crippen LogP contribution in [0.2, 0.25) is 0 Å². The predicted molar refractivity (Wildman–Crippen MR) is 76.7 cm³/mol. The molecule has 1 aliphatic heterocycles. The Hall–Kier alpha value is -1.91. The number of nitrogens with zero attached hydrogens (tertiary/aromatic N) is 1. The molecule has 0 aromatic heterocycles. The van der Waals surface area contributed by atoms with Crippen LogP contribution in [0.3, 0.4) is 0 Å². The molecule has 1 aromatic rings. The van der Waals surface area contributed by atoms with E-state index in [0.717, 1.165) is 11.8 Å². The minimum Gasteiger partial charge on any atom is -0.481 e. The van der Waals surface area contributed by atoms with Crippen LogP contribution < -0.4 is 10.5 Å². The zero-order valence-electron chi connectivity index (χ0n) is 10.5. The molecule has 1 saturated heterocycles. The number of aliphatic imine (C=N–C) groups is 1. The molecule has 4 N–H and O–H groups in total. The van der Waals surface area contributed by atoms with E-state index < -0.39 is 27.1 Å². The van der Waals surface area contributed by atoms with Gasteiger partial charge in [-0.2, -0.15) is 0 Å². The van der Waals surface area contributed by atoms with Crippen molar-refractivity contribution in [3.8, 4) is 0 Å². The van der Waals surface area contributed by atoms with Crippen molar-refractivity contribution in [1.82, 2.24) is 5.32 Å². The van der Waals surface area contributed by atoms with Gasteiger partial charge >= 0.3 is 5.97 Å². The Balaban J connectivity index is 2.14. The maximum Gasteiger partial charge on any atom is 0.305 e. The van der Waals surface area contributed by atoms with Gasteiger partial charge in [-0.3, -0.25) is 9.59 Å². The van der Waals surface area contributed by atoms with Crippen LogP contribution in [0.1, 0.15) is 6.42 Å². The molecule has 8 nitrogen and oxygen atoms in total. The molecular formula is C11H11N3O5S2. The summed E-state index contributed by atoms with van der Waals surface area (Å²) in [6, 6.07) is 5.46. The zero-order chi connectivity index (χ0) is 15.6. The lowest BCUT2D eigenvalue weighted by Crippen LogP contribution is -2.26. The molecule has 1 atom stereocenters. The largest absolute Gasteiger partial charge is 0.481 e. The number of carboxylic acids is 1. The number of hydrogen-bond donors (Lipinski definition) is 3. The van der Waals surface area contributed by atoms with E-state index in [1.807, 2.05) is 0 Å². The molecule has 0 unspecified atom stereocenters. The number of primary sulfonamides is 1. The maximum atomic E-state index is 11.5. The van der Waals surface area contributed by atoms with Crippen molar-refractivity contribution in [3.63, 3.8) is 0 Å². The van der Waals surface area contributed by atoms with Gasteiger partial charge in [-0.15, -0.1) is 0 Å². The molecule has 1 fully saturated rings. The quantitative estimate of drug-likeness (QED) is 0.712. The van der Waals surface area contributed by atoms with Gasteiger partial charge in [0.2, 0.25) is 15.9 Å². The Labute approximate surface area is 124 Å². The fraction of sp³-hybridized carbons (Fsp3) is 0.182. The summed E-state index contributed by atoms with van der Waals surface area (Å²) in [6.07, 6.45) is -0.292. The van der Waals surface area contributed by atoms with Crippen molar-refractivity contribution in [2.45, 2.75) is 16.6 Å². The molecular weight excluding hydrogens is 318 g/mol. The lowest BCUT2D eigenvalue weighted by Gasteiger charge is -2.00. The number of benzene rings is 1. The average Bonchev–Trinajstić information content (AvgIpc) is 2.68. The number of nitrogens with two attached hydrogens (primary N) is 1. The lowest BCUT2D eigenvalue weighted by atomic mass is 10.3. The topological polar surface area (TPSA) is 139 Å². The van der Waals surface area contributed by atoms with Crippen LogP contribution in [0.4, 0.5) is 5.69 Å². The van der Waals surface area contributed by atoms with Crippen LogP contribution in [-0.4, -0.2) is 35.8 Å². The molecule has 1 heterocycles. The number of thioether (sulfide) groups is 1. The Morgan fingerprint density at radius 3 is 2.52 bits per heavy atom. The maximum absolute atomic E-state index is 11.5. The van der Waals surface area contributed by atoms with Crippen molar-refractivity contribution in [2.75, 3.05) is 0 Å². The van der Waals surface area contributed by atoms with Crippen LogP contribution in [-0.2, 0) is 19.6 Å². The number of carbonyl (C=O) groups is 2. The van der Waals surface area contributed by atoms with Crippen molar-refractivity contribution < 1.29 is 23.1 Å². The van der Waals surface area contributed by atoms with Gasteiger partial charge in [0.05, 0.1) is 17.0 Å². The first kappa shape index (κ1) is 15.5. The highest BCUT2D eigenvalue weighted by Crippen LogP contribution is 2.25. The van der Waals surface area contributed by atoms with Gasteiger partial charge in [-0.05, 0) is 24.3 Å². The molecule has 10 heteroatoms. The van der Waals surface area contributed by atoms with E-state index in [9.17, 15) is 18.0 Å². The molecule has 1 aromatic carbocycles. The summed E-state index contributed by atoms with van der Waals surface area (Å²) in [5.41, 5.74) is 0.418. The SMILES string of the molecule is NS(=O)(=O)c1ccc(N=C2NC(=O)[C@H](CC(=O)O)S2)cc1. The molecule has 0 aliphatic carbocycles. The number of sulfonamides is 1. The van der Waals surface area contributed by atoms with Crippen molar-refractivity contribution in [1.29, 1.82) is 0 Å². The second-order valence-corrected chi connectivity index (χ2v) is 6.90. The molecule has 0 bridgehead atoms. The summed E-state index contributed by atoms with van der Waals surface area (Å²) in [5, 5.41) is 15.7. The molecule has 112 valence electrons. The van der Waals surface area contributed by atoms with Crippen LogP contribution in [0.25, 0.3) is 0 Å². The average molecular weight is 329 g/mol. The third kappa shape index (κ3) is 4.03. The van der Waals surface area contributed by atoms with Crippen LogP contribution in [0, 0.1) is 0 Å². The molecule has 0 radical (unpaired) electrons. The van der Waals surface area contributed by atoms with E-state index in [2.05, 4.69) is 10.3 Å². The van der Waals surface area contributed by atoms with Crippen LogP contribution in [0.5, 0.6) is 0 Å². The minimum absolute atomic E-state index is 0.0432. The number of aliphatic carboxylic acids is 1. The molecule has 2 rings (SSSR count). The predicted octanol–water partition coefficient (Wildman–Crippen LogP) is 0.0278. The highest BCUT2D eigenvalue weighted by atomic mass is 32.2. The first-order chi connectivity index (χ1) is 9.75. The van der Waals surface area contributed by atoms with Gasteiger partial charge in [-0.1, -0.05) is 11.8 Å². The number of carbonyl (C=O) groups excluding carboxylic acids is 1. The standard InChI is InChI=1S/C11H11N3O5S2/c12-21(18,19)7-3-1-6(2-4-7)13-11-14-10(17)8(20-11)5-9(15)16/h1-4,8H,5H2,(H,15,16)(H2,12,18,19)(H,13,14,17)/t8-/m0/s1. The van der Waals surface area contributed by atoms with Gasteiger partial charge in [0.15, 0.2) is 5.17 Å². The van der Waals surface area contributed by atoms with Crippen LogP contribution >= 0.6 is 11.8 Å². The van der Waals surface area contributed by atoms with Gasteiger partial charge in [0.25, 0.3) is 0 Å². The number of hydrogen-bond acceptors (Lipinski definition) is 6. The van der Waals surface area contributed by atoms with Crippen molar-refractivity contribution in [2.24, 2.45) is 10.1 Å². The van der Waals surface area contributed by atoms with E-state index in [1.165, 1.54) is 24.3 Å². The summed E-state index contributed by atoms with van der Waals surface area (Å²) < 4.78 is 22.2. The molecule has 1 amide bonds. The van der Waals surface area contributed by atoms with E-state index in [0.29, 0.717) is 5.69 Å². The number of carboxylic acid groups (broad SMARTS) is 1. The molecule has 21 heavy (non-hydrogen) atoms. The number of rotatable bonds is 4. The van der Waals surface area contributed by atoms with Gasteiger partial charge in [0, 0.05) is 0 Å². The summed E-state index contributed by atoms with van der Waals surface area (Å²) in [7, 11) is -3.77. The molecule has 0 spiro atoms.